The summed E-state index contributed by atoms with van der Waals surface area (Å²) in [7, 11) is 0. The van der Waals surface area contributed by atoms with Crippen LogP contribution >= 0.6 is 0 Å². The molecule has 0 saturated carbocycles. The summed E-state index contributed by atoms with van der Waals surface area (Å²) in [6.07, 6.45) is 0. The summed E-state index contributed by atoms with van der Waals surface area (Å²) in [5.41, 5.74) is 1.60. The van der Waals surface area contributed by atoms with Gasteiger partial charge in [0.15, 0.2) is 0 Å². The van der Waals surface area contributed by atoms with Gasteiger partial charge in [0.2, 0.25) is 0 Å². The van der Waals surface area contributed by atoms with Gasteiger partial charge in [0, 0.05) is 17.0 Å². The lowest BCUT2D eigenvalue weighted by molar-refractivity contribution is 0.473. The minimum atomic E-state index is -0.347. The zero-order valence-electron chi connectivity index (χ0n) is 8.00. The maximum absolute atomic E-state index is 11.3. The first-order valence-electron chi connectivity index (χ1n) is 4.32. The van der Waals surface area contributed by atoms with Crippen molar-refractivity contribution in [2.24, 2.45) is 0 Å². The van der Waals surface area contributed by atoms with Gasteiger partial charge in [0.05, 0.1) is 0 Å². The Balaban J connectivity index is 2.98. The van der Waals surface area contributed by atoms with Crippen molar-refractivity contribution in [2.45, 2.75) is 13.8 Å². The molecule has 0 unspecified atom stereocenters. The van der Waals surface area contributed by atoms with Crippen molar-refractivity contribution in [3.05, 3.63) is 39.7 Å². The van der Waals surface area contributed by atoms with Crippen LogP contribution in [0, 0.1) is 13.8 Å². The standard InChI is InChI=1S/C11H10O3/c1-6-7(2)11(13)14-10-5-8(12)3-4-9(6)10/h3-5,12H,1-2H3. The van der Waals surface area contributed by atoms with E-state index in [-0.39, 0.29) is 11.4 Å². The Morgan fingerprint density at radius 3 is 2.64 bits per heavy atom. The van der Waals surface area contributed by atoms with Gasteiger partial charge in [-0.1, -0.05) is 0 Å². The van der Waals surface area contributed by atoms with E-state index < -0.39 is 0 Å². The van der Waals surface area contributed by atoms with Gasteiger partial charge in [-0.2, -0.15) is 0 Å². The molecule has 1 aromatic heterocycles. The number of phenols is 1. The first kappa shape index (κ1) is 8.81. The second-order valence-corrected chi connectivity index (χ2v) is 3.32. The Bertz CT molecular complexity index is 552. The number of phenolic OH excluding ortho intramolecular Hbond substituents is 1. The van der Waals surface area contributed by atoms with Crippen LogP contribution in [0.4, 0.5) is 0 Å². The van der Waals surface area contributed by atoms with Crippen molar-refractivity contribution in [3.8, 4) is 5.75 Å². The lowest BCUT2D eigenvalue weighted by atomic mass is 10.1. The third kappa shape index (κ3) is 1.18. The molecule has 14 heavy (non-hydrogen) atoms. The first-order chi connectivity index (χ1) is 6.59. The molecule has 0 aliphatic heterocycles. The highest BCUT2D eigenvalue weighted by Crippen LogP contribution is 2.22. The molecule has 0 bridgehead atoms. The SMILES string of the molecule is Cc1c(C)c2ccc(O)cc2oc1=O. The van der Waals surface area contributed by atoms with Gasteiger partial charge < -0.3 is 9.52 Å². The van der Waals surface area contributed by atoms with E-state index in [1.807, 2.05) is 6.92 Å². The van der Waals surface area contributed by atoms with Crippen molar-refractivity contribution < 1.29 is 9.52 Å². The second kappa shape index (κ2) is 2.87. The predicted molar refractivity (Wildman–Crippen MR) is 53.6 cm³/mol. The van der Waals surface area contributed by atoms with E-state index in [9.17, 15) is 9.90 Å². The van der Waals surface area contributed by atoms with Crippen LogP contribution in [0.5, 0.6) is 5.75 Å². The zero-order chi connectivity index (χ0) is 10.3. The summed E-state index contributed by atoms with van der Waals surface area (Å²) in [5, 5.41) is 10.1. The van der Waals surface area contributed by atoms with Crippen molar-refractivity contribution in [2.75, 3.05) is 0 Å². The lowest BCUT2D eigenvalue weighted by Crippen LogP contribution is -2.05. The fraction of sp³-hybridized carbons (Fsp3) is 0.182. The lowest BCUT2D eigenvalue weighted by Gasteiger charge is -2.03. The van der Waals surface area contributed by atoms with Crippen LogP contribution in [0.3, 0.4) is 0 Å². The summed E-state index contributed by atoms with van der Waals surface area (Å²) in [5.74, 6) is 0.101. The van der Waals surface area contributed by atoms with Crippen molar-refractivity contribution in [1.82, 2.24) is 0 Å². The number of rotatable bonds is 0. The van der Waals surface area contributed by atoms with Crippen LogP contribution in [0.15, 0.2) is 27.4 Å². The Hall–Kier alpha value is -1.77. The van der Waals surface area contributed by atoms with Crippen LogP contribution in [0.1, 0.15) is 11.1 Å². The molecule has 72 valence electrons. The van der Waals surface area contributed by atoms with Crippen LogP contribution in [0.25, 0.3) is 11.0 Å². The highest BCUT2D eigenvalue weighted by Gasteiger charge is 2.07. The molecule has 1 aromatic carbocycles. The van der Waals surface area contributed by atoms with Crippen LogP contribution in [0.2, 0.25) is 0 Å². The van der Waals surface area contributed by atoms with Gasteiger partial charge in [-0.05, 0) is 31.5 Å². The fourth-order valence-corrected chi connectivity index (χ4v) is 1.44. The molecule has 1 heterocycles. The topological polar surface area (TPSA) is 50.4 Å². The Morgan fingerprint density at radius 1 is 1.21 bits per heavy atom. The molecule has 0 atom stereocenters. The highest BCUT2D eigenvalue weighted by molar-refractivity contribution is 5.82. The molecule has 0 amide bonds. The van der Waals surface area contributed by atoms with E-state index >= 15 is 0 Å². The second-order valence-electron chi connectivity index (χ2n) is 3.32. The number of aromatic hydroxyl groups is 1. The molecular formula is C11H10O3. The maximum atomic E-state index is 11.3. The monoisotopic (exact) mass is 190 g/mol. The molecule has 0 radical (unpaired) electrons. The minimum absolute atomic E-state index is 0.101. The van der Waals surface area contributed by atoms with E-state index in [1.165, 1.54) is 6.07 Å². The highest BCUT2D eigenvalue weighted by atomic mass is 16.4. The molecule has 0 aliphatic rings. The molecular weight excluding hydrogens is 180 g/mol. The number of aryl methyl sites for hydroxylation is 1. The molecule has 0 aliphatic carbocycles. The van der Waals surface area contributed by atoms with Crippen molar-refractivity contribution in [1.29, 1.82) is 0 Å². The first-order valence-corrected chi connectivity index (χ1v) is 4.32. The van der Waals surface area contributed by atoms with Gasteiger partial charge in [-0.15, -0.1) is 0 Å². The third-order valence-electron chi connectivity index (χ3n) is 2.44. The quantitative estimate of drug-likeness (QED) is 0.647. The van der Waals surface area contributed by atoms with Crippen LogP contribution in [-0.4, -0.2) is 5.11 Å². The minimum Gasteiger partial charge on any atom is -0.508 e. The van der Waals surface area contributed by atoms with Gasteiger partial charge in [-0.3, -0.25) is 0 Å². The van der Waals surface area contributed by atoms with Crippen molar-refractivity contribution >= 4 is 11.0 Å². The number of hydrogen-bond acceptors (Lipinski definition) is 3. The van der Waals surface area contributed by atoms with Gasteiger partial charge >= 0.3 is 5.63 Å². The molecule has 1 N–H and O–H groups in total. The Morgan fingerprint density at radius 2 is 1.93 bits per heavy atom. The summed E-state index contributed by atoms with van der Waals surface area (Å²) in [6.45, 7) is 3.60. The van der Waals surface area contributed by atoms with Crippen LogP contribution < -0.4 is 5.63 Å². The summed E-state index contributed by atoms with van der Waals surface area (Å²) < 4.78 is 5.04. The molecule has 0 saturated heterocycles. The average molecular weight is 190 g/mol. The summed E-state index contributed by atoms with van der Waals surface area (Å²) in [4.78, 5) is 11.3. The van der Waals surface area contributed by atoms with Crippen molar-refractivity contribution in [3.63, 3.8) is 0 Å². The Kier molecular flexibility index (Phi) is 1.81. The zero-order valence-corrected chi connectivity index (χ0v) is 8.00. The number of hydrogen-bond donors (Lipinski definition) is 1. The fourth-order valence-electron chi connectivity index (χ4n) is 1.44. The summed E-state index contributed by atoms with van der Waals surface area (Å²) >= 11 is 0. The number of fused-ring (bicyclic) bond motifs is 1. The molecule has 3 heteroatoms. The van der Waals surface area contributed by atoms with E-state index in [0.717, 1.165) is 10.9 Å². The maximum Gasteiger partial charge on any atom is 0.339 e. The van der Waals surface area contributed by atoms with E-state index in [1.54, 1.807) is 19.1 Å². The predicted octanol–water partition coefficient (Wildman–Crippen LogP) is 2.12. The molecule has 3 nitrogen and oxygen atoms in total. The smallest absolute Gasteiger partial charge is 0.339 e. The van der Waals surface area contributed by atoms with Gasteiger partial charge in [0.1, 0.15) is 11.3 Å². The van der Waals surface area contributed by atoms with Gasteiger partial charge in [0.25, 0.3) is 0 Å². The molecule has 2 rings (SSSR count). The summed E-state index contributed by atoms with van der Waals surface area (Å²) in [6, 6.07) is 4.77. The van der Waals surface area contributed by atoms with Gasteiger partial charge in [-0.25, -0.2) is 4.79 Å². The largest absolute Gasteiger partial charge is 0.508 e. The van der Waals surface area contributed by atoms with E-state index in [4.69, 9.17) is 4.42 Å². The molecule has 0 spiro atoms. The third-order valence-corrected chi connectivity index (χ3v) is 2.44. The van der Waals surface area contributed by atoms with Crippen LogP contribution in [-0.2, 0) is 0 Å². The molecule has 2 aromatic rings. The molecule has 0 fully saturated rings. The normalized spacial score (nSPS) is 10.7. The number of benzene rings is 1. The Labute approximate surface area is 80.6 Å². The average Bonchev–Trinajstić information content (AvgIpc) is 2.14. The van der Waals surface area contributed by atoms with E-state index in [2.05, 4.69) is 0 Å². The van der Waals surface area contributed by atoms with E-state index in [0.29, 0.717) is 11.1 Å².